The largest absolute Gasteiger partial charge is 0.479 e. The van der Waals surface area contributed by atoms with Crippen LogP contribution < -0.4 is 10.1 Å². The fourth-order valence-electron chi connectivity index (χ4n) is 4.40. The van der Waals surface area contributed by atoms with E-state index in [2.05, 4.69) is 46.2 Å². The topological polar surface area (TPSA) is 117 Å². The van der Waals surface area contributed by atoms with Crippen LogP contribution in [0.5, 0.6) is 5.88 Å². The summed E-state index contributed by atoms with van der Waals surface area (Å²) in [6, 6.07) is 5.91. The SMILES string of the molecule is COc1nc(Nc2ccnnc2)nn2ccc(-c3cnc4nc(C)n(CC5CCOC5)c4c3)c12. The number of aromatic nitrogens is 8. The molecular formula is C23H23N9O2. The van der Waals surface area contributed by atoms with Gasteiger partial charge < -0.3 is 19.4 Å². The molecule has 5 aromatic rings. The molecule has 34 heavy (non-hydrogen) atoms. The van der Waals surface area contributed by atoms with E-state index in [1.807, 2.05) is 25.4 Å². The maximum atomic E-state index is 5.64. The van der Waals surface area contributed by atoms with Gasteiger partial charge >= 0.3 is 0 Å². The van der Waals surface area contributed by atoms with Crippen molar-refractivity contribution in [1.29, 1.82) is 0 Å². The number of nitrogens with one attached hydrogen (secondary N) is 1. The predicted octanol–water partition coefficient (Wildman–Crippen LogP) is 3.03. The molecule has 1 saturated heterocycles. The van der Waals surface area contributed by atoms with E-state index in [1.165, 1.54) is 0 Å². The van der Waals surface area contributed by atoms with Gasteiger partial charge in [-0.3, -0.25) is 0 Å². The number of imidazole rings is 1. The molecule has 0 bridgehead atoms. The third-order valence-corrected chi connectivity index (χ3v) is 6.08. The van der Waals surface area contributed by atoms with E-state index in [0.29, 0.717) is 17.7 Å². The first-order valence-corrected chi connectivity index (χ1v) is 11.1. The van der Waals surface area contributed by atoms with Crippen LogP contribution in [0, 0.1) is 12.8 Å². The zero-order valence-corrected chi connectivity index (χ0v) is 18.8. The molecule has 0 radical (unpaired) electrons. The molecule has 6 heterocycles. The quantitative estimate of drug-likeness (QED) is 0.410. The number of rotatable bonds is 6. The van der Waals surface area contributed by atoms with Crippen LogP contribution >= 0.6 is 0 Å². The summed E-state index contributed by atoms with van der Waals surface area (Å²) in [6.45, 7) is 4.51. The first kappa shape index (κ1) is 20.5. The minimum atomic E-state index is 0.389. The monoisotopic (exact) mass is 457 g/mol. The van der Waals surface area contributed by atoms with Crippen LogP contribution in [0.3, 0.4) is 0 Å². The van der Waals surface area contributed by atoms with E-state index < -0.39 is 0 Å². The maximum Gasteiger partial charge on any atom is 0.248 e. The fourth-order valence-corrected chi connectivity index (χ4v) is 4.40. The van der Waals surface area contributed by atoms with Gasteiger partial charge in [-0.2, -0.15) is 15.2 Å². The Morgan fingerprint density at radius 2 is 2.15 bits per heavy atom. The molecule has 11 nitrogen and oxygen atoms in total. The minimum Gasteiger partial charge on any atom is -0.479 e. The number of pyridine rings is 1. The Morgan fingerprint density at radius 1 is 1.21 bits per heavy atom. The molecule has 11 heteroatoms. The molecule has 5 aromatic heterocycles. The Bertz CT molecular complexity index is 1470. The number of methoxy groups -OCH3 is 1. The molecule has 1 aliphatic heterocycles. The Morgan fingerprint density at radius 3 is 2.94 bits per heavy atom. The zero-order valence-electron chi connectivity index (χ0n) is 18.8. The van der Waals surface area contributed by atoms with E-state index >= 15 is 0 Å². The summed E-state index contributed by atoms with van der Waals surface area (Å²) in [5.74, 6) is 2.29. The van der Waals surface area contributed by atoms with Gasteiger partial charge in [0.25, 0.3) is 0 Å². The summed E-state index contributed by atoms with van der Waals surface area (Å²) in [5, 5.41) is 15.4. The van der Waals surface area contributed by atoms with Gasteiger partial charge in [0.05, 0.1) is 37.3 Å². The number of ether oxygens (including phenoxy) is 2. The Labute approximate surface area is 194 Å². The smallest absolute Gasteiger partial charge is 0.248 e. The molecule has 0 amide bonds. The van der Waals surface area contributed by atoms with E-state index in [4.69, 9.17) is 9.47 Å². The van der Waals surface area contributed by atoms with Crippen LogP contribution in [-0.4, -0.2) is 59.7 Å². The highest BCUT2D eigenvalue weighted by Crippen LogP contribution is 2.33. The summed E-state index contributed by atoms with van der Waals surface area (Å²) >= 11 is 0. The Kier molecular flexibility index (Phi) is 5.02. The normalized spacial score (nSPS) is 15.9. The number of aryl methyl sites for hydroxylation is 1. The third-order valence-electron chi connectivity index (χ3n) is 6.08. The number of nitrogens with zero attached hydrogens (tertiary/aromatic N) is 8. The average Bonchev–Trinajstić information content (AvgIpc) is 3.59. The molecule has 1 atom stereocenters. The molecule has 172 valence electrons. The number of anilines is 2. The highest BCUT2D eigenvalue weighted by Gasteiger charge is 2.21. The van der Waals surface area contributed by atoms with Crippen molar-refractivity contribution in [2.24, 2.45) is 5.92 Å². The number of hydrogen-bond donors (Lipinski definition) is 1. The van der Waals surface area contributed by atoms with Gasteiger partial charge in [0, 0.05) is 42.6 Å². The number of fused-ring (bicyclic) bond motifs is 2. The molecule has 1 fully saturated rings. The van der Waals surface area contributed by atoms with Gasteiger partial charge in [0.1, 0.15) is 11.3 Å². The molecule has 0 saturated carbocycles. The summed E-state index contributed by atoms with van der Waals surface area (Å²) in [4.78, 5) is 13.9. The van der Waals surface area contributed by atoms with Crippen molar-refractivity contribution in [3.8, 4) is 17.0 Å². The lowest BCUT2D eigenvalue weighted by Gasteiger charge is -2.12. The average molecular weight is 457 g/mol. The first-order valence-electron chi connectivity index (χ1n) is 11.1. The Balaban J connectivity index is 1.41. The van der Waals surface area contributed by atoms with Crippen molar-refractivity contribution in [2.45, 2.75) is 19.9 Å². The summed E-state index contributed by atoms with van der Waals surface area (Å²) in [7, 11) is 1.60. The third kappa shape index (κ3) is 3.59. The van der Waals surface area contributed by atoms with Crippen LogP contribution in [0.15, 0.2) is 43.0 Å². The van der Waals surface area contributed by atoms with Crippen molar-refractivity contribution in [2.75, 3.05) is 25.6 Å². The maximum absolute atomic E-state index is 5.64. The lowest BCUT2D eigenvalue weighted by atomic mass is 10.1. The lowest BCUT2D eigenvalue weighted by molar-refractivity contribution is 0.182. The van der Waals surface area contributed by atoms with Crippen molar-refractivity contribution in [3.05, 3.63) is 48.8 Å². The van der Waals surface area contributed by atoms with Gasteiger partial charge in [0.2, 0.25) is 11.8 Å². The second-order valence-corrected chi connectivity index (χ2v) is 8.29. The predicted molar refractivity (Wildman–Crippen MR) is 125 cm³/mol. The highest BCUT2D eigenvalue weighted by molar-refractivity contribution is 5.88. The molecule has 1 aliphatic rings. The van der Waals surface area contributed by atoms with Crippen LogP contribution in [0.25, 0.3) is 27.8 Å². The van der Waals surface area contributed by atoms with E-state index in [0.717, 1.165) is 65.5 Å². The fraction of sp³-hybridized carbons (Fsp3) is 0.304. The minimum absolute atomic E-state index is 0.389. The second-order valence-electron chi connectivity index (χ2n) is 8.29. The lowest BCUT2D eigenvalue weighted by Crippen LogP contribution is -2.11. The van der Waals surface area contributed by atoms with Crippen LogP contribution in [-0.2, 0) is 11.3 Å². The van der Waals surface area contributed by atoms with Crippen molar-refractivity contribution in [3.63, 3.8) is 0 Å². The van der Waals surface area contributed by atoms with Crippen molar-refractivity contribution >= 4 is 28.3 Å². The number of hydrogen-bond acceptors (Lipinski definition) is 9. The summed E-state index contributed by atoms with van der Waals surface area (Å²) in [6.07, 6.45) is 7.98. The molecule has 0 aromatic carbocycles. The molecule has 1 N–H and O–H groups in total. The molecule has 1 unspecified atom stereocenters. The molecule has 0 spiro atoms. The first-order chi connectivity index (χ1) is 16.7. The summed E-state index contributed by atoms with van der Waals surface area (Å²) in [5.41, 5.74) is 5.11. The highest BCUT2D eigenvalue weighted by atomic mass is 16.5. The van der Waals surface area contributed by atoms with Crippen LogP contribution in [0.1, 0.15) is 12.2 Å². The summed E-state index contributed by atoms with van der Waals surface area (Å²) < 4.78 is 15.2. The van der Waals surface area contributed by atoms with E-state index in [-0.39, 0.29) is 0 Å². The van der Waals surface area contributed by atoms with Gasteiger partial charge in [0.15, 0.2) is 5.65 Å². The van der Waals surface area contributed by atoms with Crippen LogP contribution in [0.4, 0.5) is 11.6 Å². The van der Waals surface area contributed by atoms with E-state index in [9.17, 15) is 0 Å². The molecule has 0 aliphatic carbocycles. The van der Waals surface area contributed by atoms with Crippen LogP contribution in [0.2, 0.25) is 0 Å². The zero-order chi connectivity index (χ0) is 23.1. The van der Waals surface area contributed by atoms with Gasteiger partial charge in [-0.15, -0.1) is 5.10 Å². The van der Waals surface area contributed by atoms with Gasteiger partial charge in [-0.05, 0) is 31.5 Å². The Hall–Kier alpha value is -4.12. The molecule has 6 rings (SSSR count). The van der Waals surface area contributed by atoms with Crippen molar-refractivity contribution in [1.82, 2.24) is 39.3 Å². The standard InChI is InChI=1S/C23H23N9O2/c1-14-27-21-19(31(14)12-15-5-8-34-13-15)9-16(10-24-21)18-4-7-32-20(18)22(33-2)29-23(30-32)28-17-3-6-25-26-11-17/h3-4,6-7,9-11,15H,5,8,12-13H2,1-2H3,(H,25,28,30). The van der Waals surface area contributed by atoms with Crippen molar-refractivity contribution < 1.29 is 9.47 Å². The second kappa shape index (κ2) is 8.34. The van der Waals surface area contributed by atoms with Gasteiger partial charge in [-0.25, -0.2) is 14.5 Å². The van der Waals surface area contributed by atoms with E-state index in [1.54, 1.807) is 30.1 Å². The van der Waals surface area contributed by atoms with Gasteiger partial charge in [-0.1, -0.05) is 0 Å². The molecular weight excluding hydrogens is 434 g/mol.